The SMILES string of the molecule is O=C([O-])c1cccc(-n2cccc2C=C2NC(=O)N(c3ccc(Cl)cc3)C2=O)c1. The number of hydrogen-bond donors (Lipinski definition) is 1. The van der Waals surface area contributed by atoms with E-state index in [1.165, 1.54) is 18.2 Å². The first kappa shape index (κ1) is 18.5. The molecule has 1 aliphatic rings. The van der Waals surface area contributed by atoms with Crippen LogP contribution in [0.15, 0.2) is 72.6 Å². The van der Waals surface area contributed by atoms with Gasteiger partial charge in [0.25, 0.3) is 5.91 Å². The molecule has 0 aliphatic carbocycles. The summed E-state index contributed by atoms with van der Waals surface area (Å²) < 4.78 is 1.70. The number of imide groups is 1. The fourth-order valence-corrected chi connectivity index (χ4v) is 3.16. The number of carbonyl (C=O) groups is 3. The minimum absolute atomic E-state index is 0.0361. The number of carbonyl (C=O) groups excluding carboxylic acids is 3. The van der Waals surface area contributed by atoms with Crippen molar-refractivity contribution in [3.63, 3.8) is 0 Å². The van der Waals surface area contributed by atoms with Crippen molar-refractivity contribution in [3.8, 4) is 5.69 Å². The molecule has 0 atom stereocenters. The van der Waals surface area contributed by atoms with Crippen LogP contribution >= 0.6 is 11.6 Å². The largest absolute Gasteiger partial charge is 0.545 e. The maximum absolute atomic E-state index is 12.8. The average Bonchev–Trinajstić information content (AvgIpc) is 3.27. The van der Waals surface area contributed by atoms with E-state index in [0.29, 0.717) is 22.1 Å². The number of carboxylic acid groups (broad SMARTS) is 1. The number of anilines is 1. The first-order valence-electron chi connectivity index (χ1n) is 8.56. The van der Waals surface area contributed by atoms with Gasteiger partial charge in [-0.25, -0.2) is 9.69 Å². The summed E-state index contributed by atoms with van der Waals surface area (Å²) in [5.41, 5.74) is 1.70. The molecule has 0 radical (unpaired) electrons. The number of nitrogens with zero attached hydrogens (tertiary/aromatic N) is 2. The molecule has 0 spiro atoms. The highest BCUT2D eigenvalue weighted by atomic mass is 35.5. The summed E-state index contributed by atoms with van der Waals surface area (Å²) in [6.45, 7) is 0. The van der Waals surface area contributed by atoms with Gasteiger partial charge in [-0.15, -0.1) is 0 Å². The van der Waals surface area contributed by atoms with E-state index in [2.05, 4.69) is 5.32 Å². The molecule has 0 unspecified atom stereocenters. The normalized spacial score (nSPS) is 15.1. The Bertz CT molecular complexity index is 1160. The Morgan fingerprint density at radius 3 is 2.48 bits per heavy atom. The molecule has 7 nitrogen and oxygen atoms in total. The molecule has 2 aromatic carbocycles. The minimum atomic E-state index is -1.28. The van der Waals surface area contributed by atoms with Crippen molar-refractivity contribution in [2.75, 3.05) is 4.90 Å². The lowest BCUT2D eigenvalue weighted by molar-refractivity contribution is -0.255. The topological polar surface area (TPSA) is 94.5 Å². The first-order chi connectivity index (χ1) is 13.9. The molecule has 1 N–H and O–H groups in total. The molecule has 1 fully saturated rings. The number of urea groups is 1. The summed E-state index contributed by atoms with van der Waals surface area (Å²) in [5.74, 6) is -1.79. The summed E-state index contributed by atoms with van der Waals surface area (Å²) in [4.78, 5) is 37.2. The van der Waals surface area contributed by atoms with Crippen LogP contribution in [0.1, 0.15) is 16.1 Å². The van der Waals surface area contributed by atoms with E-state index in [4.69, 9.17) is 11.6 Å². The Kier molecular flexibility index (Phi) is 4.66. The zero-order valence-corrected chi connectivity index (χ0v) is 15.6. The molecule has 0 saturated carbocycles. The smallest absolute Gasteiger partial charge is 0.333 e. The number of nitrogens with one attached hydrogen (secondary N) is 1. The van der Waals surface area contributed by atoms with Crippen molar-refractivity contribution in [1.29, 1.82) is 0 Å². The van der Waals surface area contributed by atoms with E-state index < -0.39 is 17.9 Å². The molecule has 4 rings (SSSR count). The Hall–Kier alpha value is -3.84. The fraction of sp³-hybridized carbons (Fsp3) is 0. The van der Waals surface area contributed by atoms with E-state index in [1.807, 2.05) is 0 Å². The van der Waals surface area contributed by atoms with Gasteiger partial charge in [0.2, 0.25) is 0 Å². The van der Waals surface area contributed by atoms with Crippen LogP contribution in [-0.4, -0.2) is 22.5 Å². The number of carboxylic acids is 1. The van der Waals surface area contributed by atoms with Gasteiger partial charge in [-0.3, -0.25) is 4.79 Å². The van der Waals surface area contributed by atoms with Crippen LogP contribution in [-0.2, 0) is 4.79 Å². The molecule has 2 heterocycles. The second kappa shape index (κ2) is 7.29. The number of halogens is 1. The standard InChI is InChI=1S/C21H14ClN3O4/c22-14-6-8-15(9-7-14)25-19(26)18(23-21(25)29)12-17-5-2-10-24(17)16-4-1-3-13(11-16)20(27)28/h1-12H,(H,23,29)(H,27,28)/p-1. The quantitative estimate of drug-likeness (QED) is 0.532. The molecule has 1 aliphatic heterocycles. The van der Waals surface area contributed by atoms with Gasteiger partial charge in [0.15, 0.2) is 0 Å². The van der Waals surface area contributed by atoms with Crippen molar-refractivity contribution in [2.45, 2.75) is 0 Å². The Labute approximate surface area is 170 Å². The highest BCUT2D eigenvalue weighted by molar-refractivity contribution is 6.31. The Morgan fingerprint density at radius 1 is 1.00 bits per heavy atom. The molecule has 0 bridgehead atoms. The molecule has 3 amide bonds. The van der Waals surface area contributed by atoms with Crippen molar-refractivity contribution >= 4 is 41.3 Å². The van der Waals surface area contributed by atoms with Gasteiger partial charge >= 0.3 is 6.03 Å². The highest BCUT2D eigenvalue weighted by Crippen LogP contribution is 2.24. The maximum Gasteiger partial charge on any atom is 0.333 e. The predicted octanol–water partition coefficient (Wildman–Crippen LogP) is 2.59. The van der Waals surface area contributed by atoms with Crippen LogP contribution in [0.3, 0.4) is 0 Å². The van der Waals surface area contributed by atoms with E-state index in [0.717, 1.165) is 4.90 Å². The first-order valence-corrected chi connectivity index (χ1v) is 8.94. The van der Waals surface area contributed by atoms with E-state index in [1.54, 1.807) is 59.3 Å². The lowest BCUT2D eigenvalue weighted by Crippen LogP contribution is -2.30. The summed E-state index contributed by atoms with van der Waals surface area (Å²) in [7, 11) is 0. The number of amides is 3. The average molecular weight is 407 g/mol. The van der Waals surface area contributed by atoms with Crippen LogP contribution in [0.2, 0.25) is 5.02 Å². The lowest BCUT2D eigenvalue weighted by atomic mass is 10.2. The molecule has 29 heavy (non-hydrogen) atoms. The zero-order valence-electron chi connectivity index (χ0n) is 14.8. The van der Waals surface area contributed by atoms with Gasteiger partial charge in [0.05, 0.1) is 11.7 Å². The van der Waals surface area contributed by atoms with Crippen molar-refractivity contribution < 1.29 is 19.5 Å². The second-order valence-electron chi connectivity index (χ2n) is 6.25. The van der Waals surface area contributed by atoms with Crippen molar-refractivity contribution in [3.05, 3.63) is 88.8 Å². The number of rotatable bonds is 4. The van der Waals surface area contributed by atoms with Gasteiger partial charge in [0.1, 0.15) is 5.70 Å². The molecule has 8 heteroatoms. The number of benzene rings is 2. The predicted molar refractivity (Wildman–Crippen MR) is 106 cm³/mol. The number of aromatic nitrogens is 1. The number of hydrogen-bond acceptors (Lipinski definition) is 4. The van der Waals surface area contributed by atoms with E-state index in [9.17, 15) is 19.5 Å². The highest BCUT2D eigenvalue weighted by Gasteiger charge is 2.35. The van der Waals surface area contributed by atoms with Gasteiger partial charge in [-0.05, 0) is 60.2 Å². The van der Waals surface area contributed by atoms with Crippen molar-refractivity contribution in [2.24, 2.45) is 0 Å². The Morgan fingerprint density at radius 2 is 1.76 bits per heavy atom. The molecule has 3 aromatic rings. The summed E-state index contributed by atoms with van der Waals surface area (Å²) in [6.07, 6.45) is 3.25. The van der Waals surface area contributed by atoms with Crippen LogP contribution in [0.25, 0.3) is 11.8 Å². The third-order valence-corrected chi connectivity index (χ3v) is 4.65. The van der Waals surface area contributed by atoms with E-state index in [-0.39, 0.29) is 11.3 Å². The van der Waals surface area contributed by atoms with E-state index >= 15 is 0 Å². The van der Waals surface area contributed by atoms with Crippen LogP contribution in [0.4, 0.5) is 10.5 Å². The third kappa shape index (κ3) is 3.51. The molecular weight excluding hydrogens is 394 g/mol. The monoisotopic (exact) mass is 406 g/mol. The number of aromatic carboxylic acids is 1. The fourth-order valence-electron chi connectivity index (χ4n) is 3.04. The maximum atomic E-state index is 12.8. The van der Waals surface area contributed by atoms with Gasteiger partial charge in [-0.2, -0.15) is 0 Å². The molecule has 144 valence electrons. The summed E-state index contributed by atoms with van der Waals surface area (Å²) >= 11 is 5.86. The zero-order chi connectivity index (χ0) is 20.5. The van der Waals surface area contributed by atoms with Gasteiger partial charge in [0, 0.05) is 22.6 Å². The summed E-state index contributed by atoms with van der Waals surface area (Å²) in [5, 5.41) is 14.2. The lowest BCUT2D eigenvalue weighted by Gasteiger charge is -2.11. The second-order valence-corrected chi connectivity index (χ2v) is 6.68. The molecular formula is C21H13ClN3O4-. The molecule has 1 saturated heterocycles. The molecule has 1 aromatic heterocycles. The van der Waals surface area contributed by atoms with Crippen LogP contribution < -0.4 is 15.3 Å². The third-order valence-electron chi connectivity index (χ3n) is 4.40. The van der Waals surface area contributed by atoms with Crippen molar-refractivity contribution in [1.82, 2.24) is 9.88 Å². The van der Waals surface area contributed by atoms with Gasteiger partial charge < -0.3 is 19.8 Å². The Balaban J connectivity index is 1.68. The van der Waals surface area contributed by atoms with Crippen LogP contribution in [0, 0.1) is 0 Å². The summed E-state index contributed by atoms with van der Waals surface area (Å²) in [6, 6.07) is 15.5. The minimum Gasteiger partial charge on any atom is -0.545 e. The van der Waals surface area contributed by atoms with Crippen LogP contribution in [0.5, 0.6) is 0 Å². The van der Waals surface area contributed by atoms with Gasteiger partial charge in [-0.1, -0.05) is 23.7 Å².